The molecule has 0 radical (unpaired) electrons. The van der Waals surface area contributed by atoms with Gasteiger partial charge in [0.05, 0.1) is 6.10 Å². The predicted molar refractivity (Wildman–Crippen MR) is 112 cm³/mol. The molecule has 3 amide bonds. The minimum absolute atomic E-state index is 0.0202. The normalized spacial score (nSPS) is 17.8. The minimum Gasteiger partial charge on any atom is -0.376 e. The molecule has 0 aromatic heterocycles. The van der Waals surface area contributed by atoms with Crippen molar-refractivity contribution in [1.82, 2.24) is 10.6 Å². The maximum atomic E-state index is 13.0. The number of nitrogens with one attached hydrogen (secondary N) is 2. The van der Waals surface area contributed by atoms with Gasteiger partial charge in [-0.1, -0.05) is 29.8 Å². The summed E-state index contributed by atoms with van der Waals surface area (Å²) in [6, 6.07) is 13.6. The van der Waals surface area contributed by atoms with Crippen molar-refractivity contribution in [3.05, 3.63) is 64.7 Å². The fraction of sp³-hybridized carbons (Fsp3) is 0.391. The van der Waals surface area contributed by atoms with Gasteiger partial charge in [-0.15, -0.1) is 0 Å². The Balaban J connectivity index is 1.38. The highest BCUT2D eigenvalue weighted by atomic mass is 16.5. The van der Waals surface area contributed by atoms with Gasteiger partial charge in [0.15, 0.2) is 0 Å². The lowest BCUT2D eigenvalue weighted by molar-refractivity contribution is 0.0989. The number of fused-ring (bicyclic) bond motifs is 1. The maximum Gasteiger partial charge on any atom is 0.315 e. The fourth-order valence-corrected chi connectivity index (χ4v) is 3.94. The molecule has 0 spiro atoms. The van der Waals surface area contributed by atoms with Crippen LogP contribution in [0.4, 0.5) is 10.5 Å². The molecule has 0 unspecified atom stereocenters. The summed E-state index contributed by atoms with van der Waals surface area (Å²) in [7, 11) is 0. The van der Waals surface area contributed by atoms with Gasteiger partial charge in [0, 0.05) is 37.5 Å². The zero-order valence-corrected chi connectivity index (χ0v) is 16.7. The fourth-order valence-electron chi connectivity index (χ4n) is 3.94. The topological polar surface area (TPSA) is 70.7 Å². The Bertz CT molecular complexity index is 906. The van der Waals surface area contributed by atoms with E-state index < -0.39 is 0 Å². The summed E-state index contributed by atoms with van der Waals surface area (Å²) < 4.78 is 5.51. The van der Waals surface area contributed by atoms with Gasteiger partial charge < -0.3 is 20.3 Å². The average molecular weight is 393 g/mol. The van der Waals surface area contributed by atoms with Crippen LogP contribution in [0.1, 0.15) is 39.9 Å². The molecule has 2 aliphatic rings. The Morgan fingerprint density at radius 1 is 1.17 bits per heavy atom. The first kappa shape index (κ1) is 19.5. The van der Waals surface area contributed by atoms with Crippen molar-refractivity contribution in [3.8, 4) is 0 Å². The lowest BCUT2D eigenvalue weighted by Gasteiger charge is -2.18. The Hall–Kier alpha value is -2.86. The van der Waals surface area contributed by atoms with Gasteiger partial charge in [-0.3, -0.25) is 4.79 Å². The molecule has 2 aliphatic heterocycles. The molecule has 2 heterocycles. The SMILES string of the molecule is Cc1cccc(C(=O)N2CCc3ccc(CNC(=O)NC[C@@H]4CCCO4)cc32)c1. The smallest absolute Gasteiger partial charge is 0.315 e. The van der Waals surface area contributed by atoms with Crippen LogP contribution >= 0.6 is 0 Å². The second-order valence-corrected chi connectivity index (χ2v) is 7.74. The average Bonchev–Trinajstić information content (AvgIpc) is 3.39. The number of benzene rings is 2. The Morgan fingerprint density at radius 3 is 2.86 bits per heavy atom. The van der Waals surface area contributed by atoms with Gasteiger partial charge in [0.1, 0.15) is 0 Å². The number of amides is 3. The highest BCUT2D eigenvalue weighted by Crippen LogP contribution is 2.30. The second kappa shape index (κ2) is 8.66. The maximum absolute atomic E-state index is 13.0. The number of carbonyl (C=O) groups excluding carboxylic acids is 2. The Morgan fingerprint density at radius 2 is 2.07 bits per heavy atom. The van der Waals surface area contributed by atoms with E-state index >= 15 is 0 Å². The molecule has 0 bridgehead atoms. The summed E-state index contributed by atoms with van der Waals surface area (Å²) in [6.07, 6.45) is 3.03. The molecule has 0 aliphatic carbocycles. The molecule has 1 atom stereocenters. The van der Waals surface area contributed by atoms with Crippen LogP contribution in [0.2, 0.25) is 0 Å². The van der Waals surface area contributed by atoms with E-state index in [1.165, 1.54) is 0 Å². The summed E-state index contributed by atoms with van der Waals surface area (Å²) in [5, 5.41) is 5.75. The molecule has 6 heteroatoms. The van der Waals surface area contributed by atoms with Gasteiger partial charge in [-0.2, -0.15) is 0 Å². The molecule has 2 N–H and O–H groups in total. The lowest BCUT2D eigenvalue weighted by Crippen LogP contribution is -2.39. The van der Waals surface area contributed by atoms with Gasteiger partial charge in [0.2, 0.25) is 0 Å². The standard InChI is InChI=1S/C23H27N3O3/c1-16-4-2-5-19(12-16)22(27)26-10-9-18-8-7-17(13-21(18)26)14-24-23(28)25-15-20-6-3-11-29-20/h2,4-5,7-8,12-13,20H,3,6,9-11,14-15H2,1H3,(H2,24,25,28)/t20-/m0/s1. The number of urea groups is 1. The molecule has 2 aromatic carbocycles. The van der Waals surface area contributed by atoms with E-state index in [0.29, 0.717) is 25.2 Å². The predicted octanol–water partition coefficient (Wildman–Crippen LogP) is 3.18. The molecule has 0 saturated carbocycles. The summed E-state index contributed by atoms with van der Waals surface area (Å²) in [5.74, 6) is 0.0202. The summed E-state index contributed by atoms with van der Waals surface area (Å²) in [5.41, 5.74) is 4.85. The molecule has 4 rings (SSSR count). The summed E-state index contributed by atoms with van der Waals surface area (Å²) in [4.78, 5) is 26.9. The van der Waals surface area contributed by atoms with E-state index in [9.17, 15) is 9.59 Å². The van der Waals surface area contributed by atoms with E-state index in [1.807, 2.05) is 48.2 Å². The molecular weight excluding hydrogens is 366 g/mol. The van der Waals surface area contributed by atoms with Crippen molar-refractivity contribution in [1.29, 1.82) is 0 Å². The quantitative estimate of drug-likeness (QED) is 0.820. The molecule has 1 saturated heterocycles. The number of hydrogen-bond donors (Lipinski definition) is 2. The van der Waals surface area contributed by atoms with Crippen molar-refractivity contribution in [2.45, 2.75) is 38.8 Å². The number of carbonyl (C=O) groups is 2. The first-order valence-electron chi connectivity index (χ1n) is 10.2. The van der Waals surface area contributed by atoms with Crippen molar-refractivity contribution in [3.63, 3.8) is 0 Å². The van der Waals surface area contributed by atoms with E-state index in [4.69, 9.17) is 4.74 Å². The van der Waals surface area contributed by atoms with Gasteiger partial charge in [0.25, 0.3) is 5.91 Å². The second-order valence-electron chi connectivity index (χ2n) is 7.74. The van der Waals surface area contributed by atoms with Crippen LogP contribution in [0.5, 0.6) is 0 Å². The molecule has 6 nitrogen and oxygen atoms in total. The van der Waals surface area contributed by atoms with E-state index in [1.54, 1.807) is 0 Å². The van der Waals surface area contributed by atoms with Crippen molar-refractivity contribution < 1.29 is 14.3 Å². The van der Waals surface area contributed by atoms with Crippen molar-refractivity contribution in [2.75, 3.05) is 24.6 Å². The molecule has 1 fully saturated rings. The van der Waals surface area contributed by atoms with Crippen LogP contribution in [-0.2, 0) is 17.7 Å². The largest absolute Gasteiger partial charge is 0.376 e. The zero-order valence-electron chi connectivity index (χ0n) is 16.7. The van der Waals surface area contributed by atoms with Crippen molar-refractivity contribution in [2.24, 2.45) is 0 Å². The molecule has 152 valence electrons. The molecule has 29 heavy (non-hydrogen) atoms. The van der Waals surface area contributed by atoms with Crippen LogP contribution in [-0.4, -0.2) is 37.7 Å². The molecular formula is C23H27N3O3. The Labute approximate surface area is 171 Å². The number of nitrogens with zero attached hydrogens (tertiary/aromatic N) is 1. The number of anilines is 1. The van der Waals surface area contributed by atoms with E-state index in [2.05, 4.69) is 16.7 Å². The van der Waals surface area contributed by atoms with Crippen LogP contribution in [0, 0.1) is 6.92 Å². The number of hydrogen-bond acceptors (Lipinski definition) is 3. The van der Waals surface area contributed by atoms with Crippen LogP contribution in [0.25, 0.3) is 0 Å². The number of aryl methyl sites for hydroxylation is 1. The van der Waals surface area contributed by atoms with Gasteiger partial charge in [-0.05, 0) is 55.5 Å². The summed E-state index contributed by atoms with van der Waals surface area (Å²) in [6.45, 7) is 4.40. The van der Waals surface area contributed by atoms with Crippen LogP contribution in [0.15, 0.2) is 42.5 Å². The van der Waals surface area contributed by atoms with Gasteiger partial charge in [-0.25, -0.2) is 4.79 Å². The van der Waals surface area contributed by atoms with Gasteiger partial charge >= 0.3 is 6.03 Å². The third-order valence-corrected chi connectivity index (χ3v) is 5.52. The van der Waals surface area contributed by atoms with E-state index in [-0.39, 0.29) is 18.0 Å². The first-order chi connectivity index (χ1) is 14.1. The third kappa shape index (κ3) is 4.59. The zero-order chi connectivity index (χ0) is 20.2. The van der Waals surface area contributed by atoms with Crippen LogP contribution < -0.4 is 15.5 Å². The Kier molecular flexibility index (Phi) is 5.81. The van der Waals surface area contributed by atoms with E-state index in [0.717, 1.165) is 48.2 Å². The number of ether oxygens (including phenoxy) is 1. The van der Waals surface area contributed by atoms with Crippen LogP contribution in [0.3, 0.4) is 0 Å². The molecule has 2 aromatic rings. The minimum atomic E-state index is -0.200. The number of rotatable bonds is 5. The highest BCUT2D eigenvalue weighted by molar-refractivity contribution is 6.07. The summed E-state index contributed by atoms with van der Waals surface area (Å²) >= 11 is 0. The van der Waals surface area contributed by atoms with Crippen molar-refractivity contribution >= 4 is 17.6 Å². The third-order valence-electron chi connectivity index (χ3n) is 5.52. The monoisotopic (exact) mass is 393 g/mol. The first-order valence-corrected chi connectivity index (χ1v) is 10.2. The highest BCUT2D eigenvalue weighted by Gasteiger charge is 2.26. The lowest BCUT2D eigenvalue weighted by atomic mass is 10.1.